The minimum atomic E-state index is 0.555. The summed E-state index contributed by atoms with van der Waals surface area (Å²) >= 11 is 0. The number of nitrogens with zero attached hydrogens (tertiary/aromatic N) is 4. The van der Waals surface area contributed by atoms with Crippen LogP contribution in [0.2, 0.25) is 0 Å². The predicted octanol–water partition coefficient (Wildman–Crippen LogP) is 4.39. The van der Waals surface area contributed by atoms with Gasteiger partial charge in [0.15, 0.2) is 11.5 Å². The van der Waals surface area contributed by atoms with Gasteiger partial charge in [-0.3, -0.25) is 4.40 Å². The zero-order valence-corrected chi connectivity index (χ0v) is 18.7. The van der Waals surface area contributed by atoms with Gasteiger partial charge in [-0.1, -0.05) is 50.8 Å². The smallest absolute Gasteiger partial charge is 0.180 e. The largest absolute Gasteiger partial charge is 0.399 e. The zero-order chi connectivity index (χ0) is 22.4. The van der Waals surface area contributed by atoms with Crippen molar-refractivity contribution in [3.63, 3.8) is 0 Å². The van der Waals surface area contributed by atoms with E-state index in [-0.39, 0.29) is 0 Å². The highest BCUT2D eigenvalue weighted by Gasteiger charge is 2.12. The Hall–Kier alpha value is -3.58. The third kappa shape index (κ3) is 4.95. The molecule has 0 saturated heterocycles. The van der Waals surface area contributed by atoms with E-state index in [1.807, 2.05) is 60.2 Å². The number of benzene rings is 1. The predicted molar refractivity (Wildman–Crippen MR) is 129 cm³/mol. The molecule has 0 aliphatic heterocycles. The lowest BCUT2D eigenvalue weighted by Crippen LogP contribution is -2.30. The first-order valence-electron chi connectivity index (χ1n) is 10.4. The molecule has 31 heavy (non-hydrogen) atoms. The Labute approximate surface area is 184 Å². The maximum atomic E-state index is 5.79. The van der Waals surface area contributed by atoms with Gasteiger partial charge in [0.1, 0.15) is 0 Å². The third-order valence-corrected chi connectivity index (χ3v) is 5.12. The van der Waals surface area contributed by atoms with Gasteiger partial charge in [0.2, 0.25) is 0 Å². The highest BCUT2D eigenvalue weighted by atomic mass is 15.5. The molecule has 0 aliphatic rings. The van der Waals surface area contributed by atoms with Crippen LogP contribution in [0.15, 0.2) is 73.0 Å². The van der Waals surface area contributed by atoms with Crippen molar-refractivity contribution in [1.82, 2.24) is 24.8 Å². The van der Waals surface area contributed by atoms with Gasteiger partial charge in [-0.2, -0.15) is 0 Å². The van der Waals surface area contributed by atoms with Crippen molar-refractivity contribution in [2.45, 2.75) is 26.7 Å². The molecule has 1 aromatic carbocycles. The molecule has 0 spiro atoms. The Kier molecular flexibility index (Phi) is 7.10. The van der Waals surface area contributed by atoms with E-state index in [4.69, 9.17) is 5.73 Å². The van der Waals surface area contributed by atoms with E-state index in [1.165, 1.54) is 0 Å². The summed E-state index contributed by atoms with van der Waals surface area (Å²) in [6.07, 6.45) is 11.6. The highest BCUT2D eigenvalue weighted by Crippen LogP contribution is 2.25. The number of anilines is 1. The lowest BCUT2D eigenvalue weighted by atomic mass is 10.1. The van der Waals surface area contributed by atoms with Crippen molar-refractivity contribution in [1.29, 1.82) is 0 Å². The van der Waals surface area contributed by atoms with E-state index in [2.05, 4.69) is 53.3 Å². The van der Waals surface area contributed by atoms with Gasteiger partial charge in [0, 0.05) is 49.1 Å². The Balaban J connectivity index is 1.97. The van der Waals surface area contributed by atoms with E-state index in [0.29, 0.717) is 11.5 Å². The molecular formula is C24H31N7. The second-order valence-electron chi connectivity index (χ2n) is 7.18. The first-order chi connectivity index (χ1) is 15.0. The molecule has 0 radical (unpaired) electrons. The van der Waals surface area contributed by atoms with Gasteiger partial charge in [-0.15, -0.1) is 0 Å². The van der Waals surface area contributed by atoms with Crippen LogP contribution in [0.4, 0.5) is 5.82 Å². The minimum Gasteiger partial charge on any atom is -0.399 e. The summed E-state index contributed by atoms with van der Waals surface area (Å²) in [5, 5.41) is 5.47. The highest BCUT2D eigenvalue weighted by molar-refractivity contribution is 5.73. The molecule has 0 unspecified atom stereocenters. The van der Waals surface area contributed by atoms with Gasteiger partial charge in [0.05, 0.1) is 11.9 Å². The molecule has 7 heteroatoms. The number of hydrogen-bond acceptors (Lipinski definition) is 6. The fourth-order valence-corrected chi connectivity index (χ4v) is 3.34. The summed E-state index contributed by atoms with van der Waals surface area (Å²) in [7, 11) is 3.91. The normalized spacial score (nSPS) is 12.3. The number of imidazole rings is 1. The van der Waals surface area contributed by atoms with Crippen LogP contribution < -0.4 is 16.5 Å². The molecule has 2 aromatic heterocycles. The Morgan fingerprint density at radius 3 is 2.58 bits per heavy atom. The van der Waals surface area contributed by atoms with E-state index >= 15 is 0 Å². The molecule has 0 amide bonds. The van der Waals surface area contributed by atoms with E-state index in [9.17, 15) is 0 Å². The van der Waals surface area contributed by atoms with E-state index in [0.717, 1.165) is 46.7 Å². The maximum Gasteiger partial charge on any atom is 0.180 e. The van der Waals surface area contributed by atoms with E-state index in [1.54, 1.807) is 6.20 Å². The number of hydrazine groups is 1. The summed E-state index contributed by atoms with van der Waals surface area (Å²) in [4.78, 5) is 9.19. The number of nitrogens with two attached hydrogens (primary N) is 1. The quantitative estimate of drug-likeness (QED) is 0.354. The summed E-state index contributed by atoms with van der Waals surface area (Å²) in [6.45, 7) is 8.04. The number of hydrogen-bond donors (Lipinski definition) is 3. The SMILES string of the molecule is C=C(N)c1ccc(-c2cnc3c(NC(=C/CC)/C=C(\CC)N(C)NC)nccn23)cc1. The summed E-state index contributed by atoms with van der Waals surface area (Å²) in [5.41, 5.74) is 15.3. The molecule has 0 aliphatic carbocycles. The summed E-state index contributed by atoms with van der Waals surface area (Å²) in [6, 6.07) is 7.98. The fraction of sp³-hybridized carbons (Fsp3) is 0.250. The number of rotatable bonds is 9. The van der Waals surface area contributed by atoms with Crippen LogP contribution in [0.5, 0.6) is 0 Å². The van der Waals surface area contributed by atoms with Crippen LogP contribution >= 0.6 is 0 Å². The van der Waals surface area contributed by atoms with E-state index < -0.39 is 0 Å². The molecule has 162 valence electrons. The molecular weight excluding hydrogens is 386 g/mol. The topological polar surface area (TPSA) is 83.5 Å². The van der Waals surface area contributed by atoms with Gasteiger partial charge >= 0.3 is 0 Å². The standard InChI is InChI=1S/C24H31N7/c1-6-8-20(15-21(7-2)30(5)26-4)29-23-24-28-16-22(31(24)14-13-27-23)19-11-9-18(10-12-19)17(3)25/h8-16,26H,3,6-7,25H2,1-2,4-5H3,(H,27,29)/b20-8+,21-15+. The number of allylic oxidation sites excluding steroid dienone is 3. The molecule has 4 N–H and O–H groups in total. The van der Waals surface area contributed by atoms with Gasteiger partial charge < -0.3 is 16.1 Å². The van der Waals surface area contributed by atoms with Crippen LogP contribution in [0.1, 0.15) is 32.3 Å². The van der Waals surface area contributed by atoms with Crippen molar-refractivity contribution < 1.29 is 0 Å². The molecule has 0 atom stereocenters. The average Bonchev–Trinajstić information content (AvgIpc) is 3.22. The number of aromatic nitrogens is 3. The minimum absolute atomic E-state index is 0.555. The van der Waals surface area contributed by atoms with Crippen LogP contribution in [0.25, 0.3) is 22.6 Å². The van der Waals surface area contributed by atoms with Crippen LogP contribution in [-0.4, -0.2) is 33.5 Å². The van der Waals surface area contributed by atoms with Crippen molar-refractivity contribution in [2.75, 3.05) is 19.4 Å². The van der Waals surface area contributed by atoms with Crippen molar-refractivity contribution in [3.05, 3.63) is 78.5 Å². The molecule has 7 nitrogen and oxygen atoms in total. The Morgan fingerprint density at radius 1 is 1.23 bits per heavy atom. The first kappa shape index (κ1) is 22.1. The van der Waals surface area contributed by atoms with Crippen molar-refractivity contribution >= 4 is 17.2 Å². The average molecular weight is 418 g/mol. The van der Waals surface area contributed by atoms with Gasteiger partial charge in [0.25, 0.3) is 0 Å². The first-order valence-corrected chi connectivity index (χ1v) is 10.4. The molecule has 3 aromatic rings. The lowest BCUT2D eigenvalue weighted by Gasteiger charge is -2.21. The van der Waals surface area contributed by atoms with Gasteiger partial charge in [-0.05, 0) is 24.5 Å². The second-order valence-corrected chi connectivity index (χ2v) is 7.18. The monoisotopic (exact) mass is 417 g/mol. The number of fused-ring (bicyclic) bond motifs is 1. The van der Waals surface area contributed by atoms with Gasteiger partial charge in [-0.25, -0.2) is 15.4 Å². The lowest BCUT2D eigenvalue weighted by molar-refractivity contribution is 0.323. The maximum absolute atomic E-state index is 5.79. The third-order valence-electron chi connectivity index (χ3n) is 5.12. The Morgan fingerprint density at radius 2 is 1.97 bits per heavy atom. The summed E-state index contributed by atoms with van der Waals surface area (Å²) < 4.78 is 2.04. The molecule has 0 saturated carbocycles. The Bertz CT molecular complexity index is 1110. The molecule has 0 bridgehead atoms. The van der Waals surface area contributed by atoms with Crippen LogP contribution in [-0.2, 0) is 0 Å². The fourth-order valence-electron chi connectivity index (χ4n) is 3.34. The van der Waals surface area contributed by atoms with Crippen molar-refractivity contribution in [2.24, 2.45) is 5.73 Å². The molecule has 0 fully saturated rings. The van der Waals surface area contributed by atoms with Crippen LogP contribution in [0.3, 0.4) is 0 Å². The molecule has 3 rings (SSSR count). The number of nitrogens with one attached hydrogen (secondary N) is 2. The van der Waals surface area contributed by atoms with Crippen molar-refractivity contribution in [3.8, 4) is 11.3 Å². The summed E-state index contributed by atoms with van der Waals surface area (Å²) in [5.74, 6) is 0.708. The zero-order valence-electron chi connectivity index (χ0n) is 18.7. The van der Waals surface area contributed by atoms with Crippen LogP contribution in [0, 0.1) is 0 Å². The molecule has 2 heterocycles. The second kappa shape index (κ2) is 9.95.